The Morgan fingerprint density at radius 2 is 2.20 bits per heavy atom. The van der Waals surface area contributed by atoms with Gasteiger partial charge in [0.25, 0.3) is 0 Å². The zero-order valence-corrected chi connectivity index (χ0v) is 11.9. The summed E-state index contributed by atoms with van der Waals surface area (Å²) < 4.78 is 16.7. The Kier molecular flexibility index (Phi) is 3.99. The van der Waals surface area contributed by atoms with Gasteiger partial charge in [-0.15, -0.1) is 0 Å². The number of methoxy groups -OCH3 is 1. The minimum atomic E-state index is -0.470. The van der Waals surface area contributed by atoms with Crippen LogP contribution in [0.4, 0.5) is 0 Å². The first-order valence-corrected chi connectivity index (χ1v) is 7.43. The van der Waals surface area contributed by atoms with Crippen molar-refractivity contribution in [3.05, 3.63) is 0 Å². The van der Waals surface area contributed by atoms with Crippen molar-refractivity contribution in [2.75, 3.05) is 26.8 Å². The second kappa shape index (κ2) is 5.60. The van der Waals surface area contributed by atoms with Crippen LogP contribution in [-0.2, 0) is 19.0 Å². The molecule has 1 saturated carbocycles. The van der Waals surface area contributed by atoms with Crippen LogP contribution < -0.4 is 0 Å². The van der Waals surface area contributed by atoms with Gasteiger partial charge in [0.2, 0.25) is 0 Å². The van der Waals surface area contributed by atoms with Crippen LogP contribution in [0, 0.1) is 0 Å². The molecule has 114 valence electrons. The highest BCUT2D eigenvalue weighted by atomic mass is 16.7. The molecule has 3 unspecified atom stereocenters. The summed E-state index contributed by atoms with van der Waals surface area (Å²) in [5, 5.41) is 9.77. The summed E-state index contributed by atoms with van der Waals surface area (Å²) >= 11 is 0. The van der Waals surface area contributed by atoms with Crippen molar-refractivity contribution >= 4 is 5.97 Å². The van der Waals surface area contributed by atoms with Crippen LogP contribution in [0.15, 0.2) is 0 Å². The van der Waals surface area contributed by atoms with Crippen LogP contribution in [0.5, 0.6) is 0 Å². The van der Waals surface area contributed by atoms with Gasteiger partial charge in [-0.05, 0) is 12.8 Å². The highest BCUT2D eigenvalue weighted by Crippen LogP contribution is 2.39. The van der Waals surface area contributed by atoms with Gasteiger partial charge in [0, 0.05) is 32.4 Å². The van der Waals surface area contributed by atoms with Gasteiger partial charge in [-0.1, -0.05) is 0 Å². The first-order chi connectivity index (χ1) is 9.62. The summed E-state index contributed by atoms with van der Waals surface area (Å²) in [6.07, 6.45) is 4.18. The minimum absolute atomic E-state index is 0.0226. The highest BCUT2D eigenvalue weighted by Gasteiger charge is 2.46. The number of likely N-dealkylation sites (tertiary alicyclic amines) is 1. The fourth-order valence-corrected chi connectivity index (χ4v) is 3.61. The van der Waals surface area contributed by atoms with E-state index in [1.54, 1.807) is 0 Å². The molecule has 0 aromatic rings. The van der Waals surface area contributed by atoms with E-state index in [1.165, 1.54) is 7.11 Å². The van der Waals surface area contributed by atoms with Crippen molar-refractivity contribution in [1.29, 1.82) is 0 Å². The lowest BCUT2D eigenvalue weighted by Gasteiger charge is -2.26. The number of carbonyl (C=O) groups excluding carboxylic acids is 1. The molecule has 0 bridgehead atoms. The SMILES string of the molecule is COC(=O)C1CC(O)CN1CC1COC2(CCCC2)O1. The fraction of sp³-hybridized carbons (Fsp3) is 0.929. The lowest BCUT2D eigenvalue weighted by atomic mass is 10.2. The van der Waals surface area contributed by atoms with Gasteiger partial charge in [-0.25, -0.2) is 0 Å². The van der Waals surface area contributed by atoms with Gasteiger partial charge >= 0.3 is 5.97 Å². The number of ether oxygens (including phenoxy) is 3. The van der Waals surface area contributed by atoms with Crippen LogP contribution >= 0.6 is 0 Å². The number of aliphatic hydroxyl groups is 1. The highest BCUT2D eigenvalue weighted by molar-refractivity contribution is 5.76. The summed E-state index contributed by atoms with van der Waals surface area (Å²) in [5.74, 6) is -0.653. The normalized spacial score (nSPS) is 36.8. The average Bonchev–Trinajstić information content (AvgIpc) is 3.13. The van der Waals surface area contributed by atoms with Crippen molar-refractivity contribution in [3.8, 4) is 0 Å². The summed E-state index contributed by atoms with van der Waals surface area (Å²) in [4.78, 5) is 13.7. The van der Waals surface area contributed by atoms with Crippen molar-refractivity contribution in [1.82, 2.24) is 4.90 Å². The van der Waals surface area contributed by atoms with E-state index in [0.29, 0.717) is 26.1 Å². The van der Waals surface area contributed by atoms with Gasteiger partial charge in [0.1, 0.15) is 6.04 Å². The van der Waals surface area contributed by atoms with Crippen LogP contribution in [0.25, 0.3) is 0 Å². The van der Waals surface area contributed by atoms with Gasteiger partial charge in [-0.2, -0.15) is 0 Å². The third-order valence-electron chi connectivity index (χ3n) is 4.57. The minimum Gasteiger partial charge on any atom is -0.468 e. The molecule has 1 N–H and O–H groups in total. The van der Waals surface area contributed by atoms with E-state index in [-0.39, 0.29) is 23.9 Å². The number of hydrogen-bond acceptors (Lipinski definition) is 6. The predicted octanol–water partition coefficient (Wildman–Crippen LogP) is 0.280. The largest absolute Gasteiger partial charge is 0.468 e. The van der Waals surface area contributed by atoms with Gasteiger partial charge in [0.05, 0.1) is 25.9 Å². The van der Waals surface area contributed by atoms with Crippen molar-refractivity contribution in [2.24, 2.45) is 0 Å². The summed E-state index contributed by atoms with van der Waals surface area (Å²) in [6, 6.07) is -0.362. The molecular weight excluding hydrogens is 262 g/mol. The number of esters is 1. The quantitative estimate of drug-likeness (QED) is 0.751. The van der Waals surface area contributed by atoms with Crippen LogP contribution in [0.1, 0.15) is 32.1 Å². The Morgan fingerprint density at radius 3 is 2.90 bits per heavy atom. The van der Waals surface area contributed by atoms with E-state index < -0.39 is 6.10 Å². The van der Waals surface area contributed by atoms with E-state index >= 15 is 0 Å². The van der Waals surface area contributed by atoms with E-state index in [1.807, 2.05) is 4.90 Å². The standard InChI is InChI=1S/C14H23NO5/c1-18-13(17)12-6-10(16)7-15(12)8-11-9-19-14(20-11)4-2-3-5-14/h10-12,16H,2-9H2,1H3. The molecule has 3 aliphatic rings. The molecule has 0 aromatic heterocycles. The monoisotopic (exact) mass is 285 g/mol. The molecule has 3 atom stereocenters. The molecule has 6 nitrogen and oxygen atoms in total. The second-order valence-electron chi connectivity index (χ2n) is 6.05. The number of hydrogen-bond donors (Lipinski definition) is 1. The zero-order chi connectivity index (χ0) is 14.2. The molecule has 1 spiro atoms. The van der Waals surface area contributed by atoms with Gasteiger partial charge < -0.3 is 19.3 Å². The summed E-state index contributed by atoms with van der Waals surface area (Å²) in [7, 11) is 1.38. The molecule has 2 saturated heterocycles. The molecule has 20 heavy (non-hydrogen) atoms. The Bertz CT molecular complexity index is 369. The van der Waals surface area contributed by atoms with Crippen molar-refractivity contribution < 1.29 is 24.1 Å². The molecule has 2 heterocycles. The third kappa shape index (κ3) is 2.70. The topological polar surface area (TPSA) is 68.2 Å². The number of aliphatic hydroxyl groups excluding tert-OH is 1. The maximum atomic E-state index is 11.7. The van der Waals surface area contributed by atoms with E-state index in [9.17, 15) is 9.90 Å². The molecule has 1 aliphatic carbocycles. The van der Waals surface area contributed by atoms with Crippen molar-refractivity contribution in [2.45, 2.75) is 56.1 Å². The third-order valence-corrected chi connectivity index (χ3v) is 4.57. The maximum Gasteiger partial charge on any atom is 0.323 e. The molecule has 0 aromatic carbocycles. The van der Waals surface area contributed by atoms with Gasteiger partial charge in [-0.3, -0.25) is 9.69 Å². The van der Waals surface area contributed by atoms with Crippen LogP contribution in [0.3, 0.4) is 0 Å². The Labute approximate surface area is 119 Å². The number of rotatable bonds is 3. The molecule has 3 rings (SSSR count). The molecule has 0 radical (unpaired) electrons. The summed E-state index contributed by atoms with van der Waals surface area (Å²) in [5.41, 5.74) is 0. The maximum absolute atomic E-state index is 11.7. The van der Waals surface area contributed by atoms with Crippen LogP contribution in [-0.4, -0.2) is 66.8 Å². The number of β-amino-alcohol motifs (C(OH)–C–C–N with tert-alkyl or cyclic N) is 1. The number of nitrogens with zero attached hydrogens (tertiary/aromatic N) is 1. The summed E-state index contributed by atoms with van der Waals surface area (Å²) in [6.45, 7) is 1.67. The Morgan fingerprint density at radius 1 is 1.45 bits per heavy atom. The van der Waals surface area contributed by atoms with Crippen molar-refractivity contribution in [3.63, 3.8) is 0 Å². The van der Waals surface area contributed by atoms with Crippen LogP contribution in [0.2, 0.25) is 0 Å². The van der Waals surface area contributed by atoms with E-state index in [0.717, 1.165) is 25.7 Å². The molecular formula is C14H23NO5. The predicted molar refractivity (Wildman–Crippen MR) is 70.0 cm³/mol. The van der Waals surface area contributed by atoms with E-state index in [2.05, 4.69) is 0 Å². The molecule has 3 fully saturated rings. The van der Waals surface area contributed by atoms with Gasteiger partial charge in [0.15, 0.2) is 5.79 Å². The lowest BCUT2D eigenvalue weighted by Crippen LogP contribution is -2.42. The Balaban J connectivity index is 1.58. The lowest BCUT2D eigenvalue weighted by molar-refractivity contribution is -0.164. The second-order valence-corrected chi connectivity index (χ2v) is 6.05. The first kappa shape index (κ1) is 14.3. The zero-order valence-electron chi connectivity index (χ0n) is 11.9. The molecule has 6 heteroatoms. The smallest absolute Gasteiger partial charge is 0.323 e. The average molecular weight is 285 g/mol. The fourth-order valence-electron chi connectivity index (χ4n) is 3.61. The molecule has 2 aliphatic heterocycles. The number of carbonyl (C=O) groups is 1. The first-order valence-electron chi connectivity index (χ1n) is 7.43. The Hall–Kier alpha value is -0.690. The molecule has 0 amide bonds. The van der Waals surface area contributed by atoms with E-state index in [4.69, 9.17) is 14.2 Å².